The fourth-order valence-corrected chi connectivity index (χ4v) is 2.84. The summed E-state index contributed by atoms with van der Waals surface area (Å²) < 4.78 is 5.75. The van der Waals surface area contributed by atoms with E-state index in [0.717, 1.165) is 32.5 Å². The number of amides is 1. The molecule has 2 N–H and O–H groups in total. The Bertz CT molecular complexity index is 266. The number of ether oxygens (including phenoxy) is 1. The molecule has 1 amide bonds. The Morgan fingerprint density at radius 2 is 1.80 bits per heavy atom. The quantitative estimate of drug-likeness (QED) is 0.718. The predicted octanol–water partition coefficient (Wildman–Crippen LogP) is 2.19. The minimum atomic E-state index is 0.116. The van der Waals surface area contributed by atoms with E-state index in [2.05, 4.69) is 38.3 Å². The lowest BCUT2D eigenvalue weighted by Crippen LogP contribution is -2.35. The molecule has 1 saturated heterocycles. The molecular weight excluding hydrogens is 252 g/mol. The largest absolute Gasteiger partial charge is 0.378 e. The van der Waals surface area contributed by atoms with Gasteiger partial charge in [-0.1, -0.05) is 27.7 Å². The van der Waals surface area contributed by atoms with Gasteiger partial charge >= 0.3 is 0 Å². The molecule has 20 heavy (non-hydrogen) atoms. The van der Waals surface area contributed by atoms with Gasteiger partial charge in [0.05, 0.1) is 12.7 Å². The first-order valence-corrected chi connectivity index (χ1v) is 8.09. The lowest BCUT2D eigenvalue weighted by molar-refractivity contribution is -0.123. The second-order valence-corrected chi connectivity index (χ2v) is 6.53. The van der Waals surface area contributed by atoms with Gasteiger partial charge in [0, 0.05) is 13.0 Å². The van der Waals surface area contributed by atoms with E-state index in [0.29, 0.717) is 36.9 Å². The highest BCUT2D eigenvalue weighted by Gasteiger charge is 2.18. The van der Waals surface area contributed by atoms with Gasteiger partial charge in [0.1, 0.15) is 0 Å². The Labute approximate surface area is 124 Å². The molecule has 0 aliphatic carbocycles. The summed E-state index contributed by atoms with van der Waals surface area (Å²) >= 11 is 0. The van der Waals surface area contributed by atoms with Crippen LogP contribution in [0.2, 0.25) is 0 Å². The highest BCUT2D eigenvalue weighted by molar-refractivity contribution is 5.75. The Hall–Kier alpha value is -0.610. The van der Waals surface area contributed by atoms with Crippen molar-refractivity contribution in [2.75, 3.05) is 26.2 Å². The molecule has 1 rings (SSSR count). The molecule has 0 aromatic heterocycles. The number of hydrogen-bond acceptors (Lipinski definition) is 3. The van der Waals surface area contributed by atoms with Gasteiger partial charge in [-0.2, -0.15) is 0 Å². The molecule has 1 heterocycles. The zero-order chi connectivity index (χ0) is 15.0. The smallest absolute Gasteiger partial charge is 0.222 e. The Balaban J connectivity index is 2.13. The van der Waals surface area contributed by atoms with Gasteiger partial charge in [-0.25, -0.2) is 0 Å². The summed E-state index contributed by atoms with van der Waals surface area (Å²) in [5.74, 6) is 1.86. The molecule has 118 valence electrons. The molecular formula is C16H32N2O2. The first-order valence-electron chi connectivity index (χ1n) is 8.09. The molecule has 0 bridgehead atoms. The fraction of sp³-hybridized carbons (Fsp3) is 0.938. The highest BCUT2D eigenvalue weighted by atomic mass is 16.5. The van der Waals surface area contributed by atoms with Crippen LogP contribution in [0, 0.1) is 17.8 Å². The Kier molecular flexibility index (Phi) is 8.15. The van der Waals surface area contributed by atoms with Crippen molar-refractivity contribution in [3.63, 3.8) is 0 Å². The van der Waals surface area contributed by atoms with Crippen molar-refractivity contribution in [3.05, 3.63) is 0 Å². The number of carbonyl (C=O) groups excluding carboxylic acids is 1. The summed E-state index contributed by atoms with van der Waals surface area (Å²) in [5.41, 5.74) is 0. The van der Waals surface area contributed by atoms with Crippen molar-refractivity contribution < 1.29 is 9.53 Å². The third kappa shape index (κ3) is 6.71. The second kappa shape index (κ2) is 9.35. The summed E-state index contributed by atoms with van der Waals surface area (Å²) in [5, 5.41) is 6.36. The van der Waals surface area contributed by atoms with Gasteiger partial charge in [0.15, 0.2) is 0 Å². The van der Waals surface area contributed by atoms with Crippen LogP contribution in [0.4, 0.5) is 0 Å². The number of piperidine rings is 1. The number of hydrogen-bond donors (Lipinski definition) is 2. The van der Waals surface area contributed by atoms with Crippen LogP contribution in [0.15, 0.2) is 0 Å². The molecule has 1 fully saturated rings. The minimum Gasteiger partial charge on any atom is -0.378 e. The van der Waals surface area contributed by atoms with Crippen LogP contribution in [0.3, 0.4) is 0 Å². The summed E-state index contributed by atoms with van der Waals surface area (Å²) in [4.78, 5) is 11.8. The Morgan fingerprint density at radius 3 is 2.35 bits per heavy atom. The predicted molar refractivity (Wildman–Crippen MR) is 82.6 cm³/mol. The van der Waals surface area contributed by atoms with E-state index in [9.17, 15) is 4.79 Å². The maximum atomic E-state index is 11.8. The van der Waals surface area contributed by atoms with Crippen LogP contribution in [0.5, 0.6) is 0 Å². The van der Waals surface area contributed by atoms with Gasteiger partial charge in [-0.15, -0.1) is 0 Å². The van der Waals surface area contributed by atoms with Crippen molar-refractivity contribution >= 4 is 5.91 Å². The molecule has 0 radical (unpaired) electrons. The molecule has 0 spiro atoms. The van der Waals surface area contributed by atoms with Crippen molar-refractivity contribution in [3.8, 4) is 0 Å². The van der Waals surface area contributed by atoms with Gasteiger partial charge < -0.3 is 15.4 Å². The van der Waals surface area contributed by atoms with E-state index < -0.39 is 0 Å². The summed E-state index contributed by atoms with van der Waals surface area (Å²) in [6.45, 7) is 12.3. The van der Waals surface area contributed by atoms with Gasteiger partial charge in [-0.3, -0.25) is 4.79 Å². The highest BCUT2D eigenvalue weighted by Crippen LogP contribution is 2.19. The van der Waals surface area contributed by atoms with Gasteiger partial charge in [-0.05, 0) is 43.7 Å². The normalized spacial score (nSPS) is 17.1. The summed E-state index contributed by atoms with van der Waals surface area (Å²) in [7, 11) is 0. The minimum absolute atomic E-state index is 0.116. The van der Waals surface area contributed by atoms with E-state index >= 15 is 0 Å². The molecule has 0 saturated carbocycles. The molecule has 1 aliphatic heterocycles. The molecule has 4 nitrogen and oxygen atoms in total. The van der Waals surface area contributed by atoms with Crippen molar-refractivity contribution in [2.24, 2.45) is 17.8 Å². The molecule has 0 aromatic carbocycles. The van der Waals surface area contributed by atoms with Crippen LogP contribution in [0.1, 0.15) is 47.0 Å². The lowest BCUT2D eigenvalue weighted by Gasteiger charge is -2.25. The standard InChI is InChI=1S/C16H32N2O2/c1-12(2)15(13(3)4)11-18-16(19)7-10-20-14-5-8-17-9-6-14/h12-15,17H,5-11H2,1-4H3,(H,18,19). The van der Waals surface area contributed by atoms with Crippen LogP contribution >= 0.6 is 0 Å². The second-order valence-electron chi connectivity index (χ2n) is 6.53. The average molecular weight is 284 g/mol. The van der Waals surface area contributed by atoms with E-state index in [1.165, 1.54) is 0 Å². The monoisotopic (exact) mass is 284 g/mol. The summed E-state index contributed by atoms with van der Waals surface area (Å²) in [6.07, 6.45) is 2.94. The van der Waals surface area contributed by atoms with E-state index in [4.69, 9.17) is 4.74 Å². The first kappa shape index (κ1) is 17.4. The molecule has 0 atom stereocenters. The van der Waals surface area contributed by atoms with Gasteiger partial charge in [0.2, 0.25) is 5.91 Å². The first-order chi connectivity index (χ1) is 9.50. The third-order valence-corrected chi connectivity index (χ3v) is 4.22. The SMILES string of the molecule is CC(C)C(CNC(=O)CCOC1CCNCC1)C(C)C. The molecule has 0 aromatic rings. The van der Waals surface area contributed by atoms with E-state index in [-0.39, 0.29) is 5.91 Å². The summed E-state index contributed by atoms with van der Waals surface area (Å²) in [6, 6.07) is 0. The third-order valence-electron chi connectivity index (χ3n) is 4.22. The fourth-order valence-electron chi connectivity index (χ4n) is 2.84. The van der Waals surface area contributed by atoms with Crippen LogP contribution in [-0.2, 0) is 9.53 Å². The Morgan fingerprint density at radius 1 is 1.20 bits per heavy atom. The van der Waals surface area contributed by atoms with Crippen molar-refractivity contribution in [2.45, 2.75) is 53.1 Å². The van der Waals surface area contributed by atoms with Gasteiger partial charge in [0.25, 0.3) is 0 Å². The van der Waals surface area contributed by atoms with E-state index in [1.54, 1.807) is 0 Å². The number of nitrogens with one attached hydrogen (secondary N) is 2. The zero-order valence-corrected chi connectivity index (χ0v) is 13.6. The topological polar surface area (TPSA) is 50.4 Å². The van der Waals surface area contributed by atoms with Crippen LogP contribution in [0.25, 0.3) is 0 Å². The lowest BCUT2D eigenvalue weighted by atomic mass is 9.85. The van der Waals surface area contributed by atoms with Crippen molar-refractivity contribution in [1.82, 2.24) is 10.6 Å². The average Bonchev–Trinajstić information content (AvgIpc) is 2.39. The number of rotatable bonds is 8. The van der Waals surface area contributed by atoms with Crippen LogP contribution < -0.4 is 10.6 Å². The maximum Gasteiger partial charge on any atom is 0.222 e. The van der Waals surface area contributed by atoms with Crippen molar-refractivity contribution in [1.29, 1.82) is 0 Å². The molecule has 4 heteroatoms. The molecule has 0 unspecified atom stereocenters. The molecule has 1 aliphatic rings. The number of carbonyl (C=O) groups is 1. The van der Waals surface area contributed by atoms with Crippen LogP contribution in [-0.4, -0.2) is 38.3 Å². The zero-order valence-electron chi connectivity index (χ0n) is 13.6. The maximum absolute atomic E-state index is 11.8. The van der Waals surface area contributed by atoms with E-state index in [1.807, 2.05) is 0 Å².